The van der Waals surface area contributed by atoms with E-state index in [1.54, 1.807) is 0 Å². The molecule has 1 unspecified atom stereocenters. The molecular formula is C16H27NO. The van der Waals surface area contributed by atoms with E-state index in [2.05, 4.69) is 45.1 Å². The number of rotatable bonds is 8. The Hall–Kier alpha value is -1.02. The van der Waals surface area contributed by atoms with E-state index in [0.29, 0.717) is 12.0 Å². The van der Waals surface area contributed by atoms with Gasteiger partial charge < -0.3 is 10.1 Å². The van der Waals surface area contributed by atoms with Crippen molar-refractivity contribution in [1.82, 2.24) is 5.32 Å². The second-order valence-corrected chi connectivity index (χ2v) is 5.26. The highest BCUT2D eigenvalue weighted by Crippen LogP contribution is 2.14. The van der Waals surface area contributed by atoms with Gasteiger partial charge in [0.25, 0.3) is 0 Å². The van der Waals surface area contributed by atoms with Crippen molar-refractivity contribution in [3.05, 3.63) is 29.8 Å². The first-order chi connectivity index (χ1) is 8.63. The van der Waals surface area contributed by atoms with E-state index in [1.807, 2.05) is 12.1 Å². The molecule has 18 heavy (non-hydrogen) atoms. The molecule has 0 saturated carbocycles. The van der Waals surface area contributed by atoms with Gasteiger partial charge in [-0.2, -0.15) is 0 Å². The van der Waals surface area contributed by atoms with E-state index in [0.717, 1.165) is 25.3 Å². The van der Waals surface area contributed by atoms with Gasteiger partial charge in [0.05, 0.1) is 6.61 Å². The van der Waals surface area contributed by atoms with Gasteiger partial charge in [0.2, 0.25) is 0 Å². The fraction of sp³-hybridized carbons (Fsp3) is 0.625. The first kappa shape index (κ1) is 15.0. The molecule has 1 rings (SSSR count). The molecule has 2 heteroatoms. The molecule has 0 aliphatic rings. The predicted molar refractivity (Wildman–Crippen MR) is 78.2 cm³/mol. The lowest BCUT2D eigenvalue weighted by atomic mass is 10.0. The predicted octanol–water partition coefficient (Wildman–Crippen LogP) is 3.79. The Bertz CT molecular complexity index is 336. The van der Waals surface area contributed by atoms with Crippen molar-refractivity contribution in [2.45, 2.75) is 46.6 Å². The fourth-order valence-electron chi connectivity index (χ4n) is 2.01. The fourth-order valence-corrected chi connectivity index (χ4v) is 2.01. The van der Waals surface area contributed by atoms with Gasteiger partial charge in [-0.1, -0.05) is 32.9 Å². The summed E-state index contributed by atoms with van der Waals surface area (Å²) in [7, 11) is 0. The van der Waals surface area contributed by atoms with Crippen LogP contribution in [0.2, 0.25) is 0 Å². The molecule has 1 aromatic rings. The smallest absolute Gasteiger partial charge is 0.119 e. The Morgan fingerprint density at radius 3 is 2.67 bits per heavy atom. The van der Waals surface area contributed by atoms with Crippen LogP contribution in [-0.4, -0.2) is 19.2 Å². The Morgan fingerprint density at radius 2 is 2.06 bits per heavy atom. The van der Waals surface area contributed by atoms with E-state index in [1.165, 1.54) is 12.0 Å². The van der Waals surface area contributed by atoms with E-state index in [9.17, 15) is 0 Å². The highest BCUT2D eigenvalue weighted by atomic mass is 16.5. The summed E-state index contributed by atoms with van der Waals surface area (Å²) in [5, 5.41) is 3.59. The van der Waals surface area contributed by atoms with Crippen LogP contribution < -0.4 is 10.1 Å². The molecule has 1 atom stereocenters. The summed E-state index contributed by atoms with van der Waals surface area (Å²) in [6.45, 7) is 10.7. The maximum absolute atomic E-state index is 5.81. The van der Waals surface area contributed by atoms with Crippen LogP contribution >= 0.6 is 0 Å². The third-order valence-electron chi connectivity index (χ3n) is 3.15. The van der Waals surface area contributed by atoms with Gasteiger partial charge >= 0.3 is 0 Å². The van der Waals surface area contributed by atoms with Crippen molar-refractivity contribution in [1.29, 1.82) is 0 Å². The molecule has 0 aromatic heterocycles. The molecule has 0 aliphatic heterocycles. The summed E-state index contributed by atoms with van der Waals surface area (Å²) < 4.78 is 5.81. The topological polar surface area (TPSA) is 21.3 Å². The van der Waals surface area contributed by atoms with Gasteiger partial charge in [0.1, 0.15) is 5.75 Å². The molecule has 0 amide bonds. The van der Waals surface area contributed by atoms with Gasteiger partial charge in [-0.05, 0) is 49.9 Å². The highest BCUT2D eigenvalue weighted by Gasteiger charge is 2.12. The van der Waals surface area contributed by atoms with Gasteiger partial charge in [-0.15, -0.1) is 0 Å². The van der Waals surface area contributed by atoms with Gasteiger partial charge in [-0.25, -0.2) is 0 Å². The molecule has 1 aromatic carbocycles. The number of ether oxygens (including phenoxy) is 1. The highest BCUT2D eigenvalue weighted by molar-refractivity contribution is 5.27. The van der Waals surface area contributed by atoms with Crippen LogP contribution in [0, 0.1) is 12.8 Å². The Labute approximate surface area is 112 Å². The largest absolute Gasteiger partial charge is 0.494 e. The normalized spacial score (nSPS) is 12.7. The second kappa shape index (κ2) is 8.15. The third-order valence-corrected chi connectivity index (χ3v) is 3.15. The van der Waals surface area contributed by atoms with Gasteiger partial charge in [-0.3, -0.25) is 0 Å². The van der Waals surface area contributed by atoms with Crippen LogP contribution in [0.3, 0.4) is 0 Å². The van der Waals surface area contributed by atoms with Crippen molar-refractivity contribution in [3.63, 3.8) is 0 Å². The van der Waals surface area contributed by atoms with Crippen LogP contribution in [0.5, 0.6) is 5.75 Å². The minimum atomic E-state index is 0.551. The van der Waals surface area contributed by atoms with Crippen molar-refractivity contribution < 1.29 is 4.74 Å². The lowest BCUT2D eigenvalue weighted by molar-refractivity contribution is 0.262. The number of nitrogens with one attached hydrogen (secondary N) is 1. The first-order valence-corrected chi connectivity index (χ1v) is 7.06. The minimum Gasteiger partial charge on any atom is -0.494 e. The molecule has 0 aliphatic carbocycles. The van der Waals surface area contributed by atoms with Crippen molar-refractivity contribution >= 4 is 0 Å². The Morgan fingerprint density at radius 1 is 1.28 bits per heavy atom. The van der Waals surface area contributed by atoms with Crippen LogP contribution in [0.15, 0.2) is 24.3 Å². The zero-order chi connectivity index (χ0) is 13.4. The van der Waals surface area contributed by atoms with Crippen LogP contribution in [0.4, 0.5) is 0 Å². The molecule has 0 spiro atoms. The lowest BCUT2D eigenvalue weighted by Gasteiger charge is -2.22. The third kappa shape index (κ3) is 5.54. The van der Waals surface area contributed by atoms with E-state index in [4.69, 9.17) is 4.74 Å². The standard InChI is InChI=1S/C16H27NO/c1-5-10-17-16(13(2)3)9-11-18-15-8-6-7-14(4)12-15/h6-8,12-13,16-17H,5,9-11H2,1-4H3. The molecule has 0 radical (unpaired) electrons. The SMILES string of the molecule is CCCNC(CCOc1cccc(C)c1)C(C)C. The van der Waals surface area contributed by atoms with Crippen molar-refractivity contribution in [2.24, 2.45) is 5.92 Å². The van der Waals surface area contributed by atoms with Crippen LogP contribution in [0.1, 0.15) is 39.2 Å². The molecule has 0 heterocycles. The van der Waals surface area contributed by atoms with Crippen LogP contribution in [0.25, 0.3) is 0 Å². The molecular weight excluding hydrogens is 222 g/mol. The maximum atomic E-state index is 5.81. The van der Waals surface area contributed by atoms with Gasteiger partial charge in [0, 0.05) is 6.04 Å². The lowest BCUT2D eigenvalue weighted by Crippen LogP contribution is -2.35. The molecule has 1 N–H and O–H groups in total. The summed E-state index contributed by atoms with van der Waals surface area (Å²) >= 11 is 0. The second-order valence-electron chi connectivity index (χ2n) is 5.26. The quantitative estimate of drug-likeness (QED) is 0.757. The zero-order valence-electron chi connectivity index (χ0n) is 12.2. The average molecular weight is 249 g/mol. The summed E-state index contributed by atoms with van der Waals surface area (Å²) in [6.07, 6.45) is 2.24. The molecule has 0 saturated heterocycles. The van der Waals surface area contributed by atoms with E-state index in [-0.39, 0.29) is 0 Å². The molecule has 102 valence electrons. The molecule has 0 fully saturated rings. The minimum absolute atomic E-state index is 0.551. The zero-order valence-corrected chi connectivity index (χ0v) is 12.2. The Kier molecular flexibility index (Phi) is 6.81. The molecule has 2 nitrogen and oxygen atoms in total. The van der Waals surface area contributed by atoms with Crippen molar-refractivity contribution in [3.8, 4) is 5.75 Å². The Balaban J connectivity index is 2.34. The number of hydrogen-bond acceptors (Lipinski definition) is 2. The molecule has 0 bridgehead atoms. The number of benzene rings is 1. The van der Waals surface area contributed by atoms with Crippen LogP contribution in [-0.2, 0) is 0 Å². The monoisotopic (exact) mass is 249 g/mol. The van der Waals surface area contributed by atoms with Gasteiger partial charge in [0.15, 0.2) is 0 Å². The van der Waals surface area contributed by atoms with Crippen molar-refractivity contribution in [2.75, 3.05) is 13.2 Å². The summed E-state index contributed by atoms with van der Waals surface area (Å²) in [4.78, 5) is 0. The average Bonchev–Trinajstić information content (AvgIpc) is 2.33. The first-order valence-electron chi connectivity index (χ1n) is 7.06. The maximum Gasteiger partial charge on any atom is 0.119 e. The number of hydrogen-bond donors (Lipinski definition) is 1. The van der Waals surface area contributed by atoms with E-state index >= 15 is 0 Å². The number of aryl methyl sites for hydroxylation is 1. The summed E-state index contributed by atoms with van der Waals surface area (Å²) in [5.74, 6) is 1.63. The van der Waals surface area contributed by atoms with E-state index < -0.39 is 0 Å². The summed E-state index contributed by atoms with van der Waals surface area (Å²) in [5.41, 5.74) is 1.25. The summed E-state index contributed by atoms with van der Waals surface area (Å²) in [6, 6.07) is 8.79.